The van der Waals surface area contributed by atoms with Crippen LogP contribution in [0.2, 0.25) is 0 Å². The van der Waals surface area contributed by atoms with Crippen molar-refractivity contribution in [2.75, 3.05) is 13.2 Å². The lowest BCUT2D eigenvalue weighted by Crippen LogP contribution is -2.08. The molecule has 1 aliphatic heterocycles. The topological polar surface area (TPSA) is 18.5 Å². The second-order valence-electron chi connectivity index (χ2n) is 3.35. The van der Waals surface area contributed by atoms with Gasteiger partial charge in [-0.2, -0.15) is 0 Å². The summed E-state index contributed by atoms with van der Waals surface area (Å²) in [5.74, 6) is 1.77. The molecule has 0 aromatic heterocycles. The fourth-order valence-electron chi connectivity index (χ4n) is 1.42. The third-order valence-corrected chi connectivity index (χ3v) is 2.15. The van der Waals surface area contributed by atoms with Gasteiger partial charge < -0.3 is 9.47 Å². The molecule has 2 nitrogen and oxygen atoms in total. The first-order valence-electron chi connectivity index (χ1n) is 4.72. The Labute approximate surface area is 78.5 Å². The number of ether oxygens (including phenoxy) is 2. The second-order valence-corrected chi connectivity index (χ2v) is 3.35. The highest BCUT2D eigenvalue weighted by Crippen LogP contribution is 2.29. The summed E-state index contributed by atoms with van der Waals surface area (Å²) in [4.78, 5) is 0. The molecule has 0 bridgehead atoms. The zero-order chi connectivity index (χ0) is 9.10. The summed E-state index contributed by atoms with van der Waals surface area (Å²) in [5, 5.41) is 0. The van der Waals surface area contributed by atoms with Crippen LogP contribution in [-0.4, -0.2) is 13.2 Å². The molecule has 1 aromatic carbocycles. The van der Waals surface area contributed by atoms with Crippen molar-refractivity contribution >= 4 is 0 Å². The molecule has 0 atom stereocenters. The van der Waals surface area contributed by atoms with Crippen LogP contribution in [0.15, 0.2) is 18.2 Å². The largest absolute Gasteiger partial charge is 0.490 e. The van der Waals surface area contributed by atoms with Gasteiger partial charge in [0.1, 0.15) is 0 Å². The van der Waals surface area contributed by atoms with E-state index in [0.29, 0.717) is 0 Å². The van der Waals surface area contributed by atoms with Crippen molar-refractivity contribution in [3.05, 3.63) is 23.8 Å². The summed E-state index contributed by atoms with van der Waals surface area (Å²) in [7, 11) is 0. The highest BCUT2D eigenvalue weighted by Gasteiger charge is 2.07. The first kappa shape index (κ1) is 8.42. The van der Waals surface area contributed by atoms with Gasteiger partial charge >= 0.3 is 0 Å². The Balaban J connectivity index is 2.28. The van der Waals surface area contributed by atoms with Crippen LogP contribution in [-0.2, 0) is 0 Å². The van der Waals surface area contributed by atoms with Gasteiger partial charge in [-0.1, -0.05) is 6.07 Å². The van der Waals surface area contributed by atoms with E-state index in [9.17, 15) is 0 Å². The van der Waals surface area contributed by atoms with E-state index in [4.69, 9.17) is 9.47 Å². The first-order chi connectivity index (χ1) is 6.36. The molecular weight excluding hydrogens is 164 g/mol. The smallest absolute Gasteiger partial charge is 0.161 e. The molecule has 1 heterocycles. The maximum atomic E-state index is 5.58. The monoisotopic (exact) mass is 178 g/mol. The van der Waals surface area contributed by atoms with Crippen molar-refractivity contribution in [2.24, 2.45) is 0 Å². The number of hydrogen-bond donors (Lipinski definition) is 0. The van der Waals surface area contributed by atoms with Gasteiger partial charge in [-0.25, -0.2) is 0 Å². The summed E-state index contributed by atoms with van der Waals surface area (Å²) in [5.41, 5.74) is 1.21. The van der Waals surface area contributed by atoms with Gasteiger partial charge in [0.15, 0.2) is 11.5 Å². The molecule has 2 heteroatoms. The molecule has 0 fully saturated rings. The quantitative estimate of drug-likeness (QED) is 0.607. The number of fused-ring (bicyclic) bond motifs is 1. The molecule has 13 heavy (non-hydrogen) atoms. The van der Waals surface area contributed by atoms with E-state index in [1.54, 1.807) is 0 Å². The Morgan fingerprint density at radius 2 is 1.69 bits per heavy atom. The van der Waals surface area contributed by atoms with Crippen LogP contribution in [0.1, 0.15) is 18.4 Å². The lowest BCUT2D eigenvalue weighted by Gasteiger charge is -2.16. The molecule has 1 aliphatic rings. The Morgan fingerprint density at radius 1 is 1.00 bits per heavy atom. The van der Waals surface area contributed by atoms with Crippen molar-refractivity contribution in [3.63, 3.8) is 0 Å². The zero-order valence-corrected chi connectivity index (χ0v) is 7.88. The standard InChI is InChI=1S/C11H14O2/c1-9-4-5-10-11(8-9)13-7-3-2-6-12-10/h4-5,8H,2-3,6-7H2,1H3. The SMILES string of the molecule is Cc1ccc2c(c1)OCCCCO2. The van der Waals surface area contributed by atoms with Crippen molar-refractivity contribution in [3.8, 4) is 11.5 Å². The molecule has 0 aliphatic carbocycles. The van der Waals surface area contributed by atoms with Gasteiger partial charge in [0.05, 0.1) is 13.2 Å². The summed E-state index contributed by atoms with van der Waals surface area (Å²) >= 11 is 0. The van der Waals surface area contributed by atoms with E-state index in [2.05, 4.69) is 6.92 Å². The Hall–Kier alpha value is -1.18. The van der Waals surface area contributed by atoms with Crippen molar-refractivity contribution in [1.82, 2.24) is 0 Å². The minimum absolute atomic E-state index is 0.805. The van der Waals surface area contributed by atoms with Gasteiger partial charge in [-0.3, -0.25) is 0 Å². The molecule has 0 unspecified atom stereocenters. The Kier molecular flexibility index (Phi) is 2.39. The predicted octanol–water partition coefficient (Wildman–Crippen LogP) is 2.55. The van der Waals surface area contributed by atoms with Crippen molar-refractivity contribution in [2.45, 2.75) is 19.8 Å². The first-order valence-corrected chi connectivity index (χ1v) is 4.72. The van der Waals surface area contributed by atoms with Crippen LogP contribution >= 0.6 is 0 Å². The molecular formula is C11H14O2. The van der Waals surface area contributed by atoms with E-state index in [-0.39, 0.29) is 0 Å². The predicted molar refractivity (Wildman–Crippen MR) is 51.4 cm³/mol. The maximum Gasteiger partial charge on any atom is 0.161 e. The van der Waals surface area contributed by atoms with Crippen LogP contribution in [0.4, 0.5) is 0 Å². The zero-order valence-electron chi connectivity index (χ0n) is 7.88. The fourth-order valence-corrected chi connectivity index (χ4v) is 1.42. The number of aryl methyl sites for hydroxylation is 1. The van der Waals surface area contributed by atoms with Gasteiger partial charge in [0.25, 0.3) is 0 Å². The Bertz CT molecular complexity index is 294. The number of hydrogen-bond acceptors (Lipinski definition) is 2. The number of rotatable bonds is 0. The van der Waals surface area contributed by atoms with Crippen LogP contribution < -0.4 is 9.47 Å². The molecule has 0 saturated heterocycles. The third-order valence-electron chi connectivity index (χ3n) is 2.15. The average Bonchev–Trinajstić information content (AvgIpc) is 2.08. The third kappa shape index (κ3) is 1.94. The normalized spacial score (nSPS) is 16.1. The molecule has 70 valence electrons. The van der Waals surface area contributed by atoms with E-state index in [0.717, 1.165) is 37.6 Å². The second kappa shape index (κ2) is 3.69. The van der Waals surface area contributed by atoms with Gasteiger partial charge in [-0.15, -0.1) is 0 Å². The van der Waals surface area contributed by atoms with E-state index < -0.39 is 0 Å². The van der Waals surface area contributed by atoms with Crippen LogP contribution in [0.25, 0.3) is 0 Å². The fraction of sp³-hybridized carbons (Fsp3) is 0.455. The van der Waals surface area contributed by atoms with Crippen LogP contribution in [0, 0.1) is 6.92 Å². The summed E-state index contributed by atoms with van der Waals surface area (Å²) < 4.78 is 11.1. The molecule has 0 saturated carbocycles. The highest BCUT2D eigenvalue weighted by atomic mass is 16.5. The molecule has 0 spiro atoms. The minimum atomic E-state index is 0.805. The lowest BCUT2D eigenvalue weighted by molar-refractivity contribution is 0.223. The molecule has 0 amide bonds. The van der Waals surface area contributed by atoms with Gasteiger partial charge in [-0.05, 0) is 37.5 Å². The molecule has 1 aromatic rings. The summed E-state index contributed by atoms with van der Waals surface area (Å²) in [6.07, 6.45) is 2.15. The molecule has 2 rings (SSSR count). The van der Waals surface area contributed by atoms with Crippen LogP contribution in [0.3, 0.4) is 0 Å². The van der Waals surface area contributed by atoms with Crippen molar-refractivity contribution < 1.29 is 9.47 Å². The number of benzene rings is 1. The van der Waals surface area contributed by atoms with Crippen molar-refractivity contribution in [1.29, 1.82) is 0 Å². The van der Waals surface area contributed by atoms with E-state index >= 15 is 0 Å². The van der Waals surface area contributed by atoms with Gasteiger partial charge in [0, 0.05) is 0 Å². The lowest BCUT2D eigenvalue weighted by atomic mass is 10.2. The minimum Gasteiger partial charge on any atom is -0.490 e. The van der Waals surface area contributed by atoms with Crippen LogP contribution in [0.5, 0.6) is 11.5 Å². The van der Waals surface area contributed by atoms with E-state index in [1.807, 2.05) is 18.2 Å². The van der Waals surface area contributed by atoms with E-state index in [1.165, 1.54) is 5.56 Å². The summed E-state index contributed by atoms with van der Waals surface area (Å²) in [6, 6.07) is 6.06. The molecule has 0 radical (unpaired) electrons. The average molecular weight is 178 g/mol. The maximum absolute atomic E-state index is 5.58. The van der Waals surface area contributed by atoms with Gasteiger partial charge in [0.2, 0.25) is 0 Å². The summed E-state index contributed by atoms with van der Waals surface area (Å²) in [6.45, 7) is 3.67. The Morgan fingerprint density at radius 3 is 2.46 bits per heavy atom. The molecule has 0 N–H and O–H groups in total. The highest BCUT2D eigenvalue weighted by molar-refractivity contribution is 5.42.